The number of phenolic OH excluding ortho intramolecular Hbond substituents is 1. The van der Waals surface area contributed by atoms with Gasteiger partial charge in [0.15, 0.2) is 0 Å². The molecule has 0 unspecified atom stereocenters. The lowest BCUT2D eigenvalue weighted by Crippen LogP contribution is -2.34. The third-order valence-corrected chi connectivity index (χ3v) is 4.08. The first-order valence-electron chi connectivity index (χ1n) is 7.42. The van der Waals surface area contributed by atoms with Crippen molar-refractivity contribution < 1.29 is 9.90 Å². The van der Waals surface area contributed by atoms with Gasteiger partial charge in [0, 0.05) is 5.41 Å². The van der Waals surface area contributed by atoms with E-state index >= 15 is 0 Å². The third-order valence-electron chi connectivity index (χ3n) is 4.08. The van der Waals surface area contributed by atoms with E-state index in [0.29, 0.717) is 12.2 Å². The summed E-state index contributed by atoms with van der Waals surface area (Å²) in [6, 6.07) is 7.37. The first-order chi connectivity index (χ1) is 9.14. The number of Topliss-reactive ketones (excluding diaryl/α,β-unsaturated/α-hetero) is 1. The molecule has 0 aliphatic heterocycles. The number of hydrogen-bond acceptors (Lipinski definition) is 2. The Morgan fingerprint density at radius 2 is 1.74 bits per heavy atom. The minimum Gasteiger partial charge on any atom is -0.508 e. The predicted molar refractivity (Wildman–Crippen MR) is 79.4 cm³/mol. The highest BCUT2D eigenvalue weighted by Crippen LogP contribution is 2.41. The minimum absolute atomic E-state index is 0.225. The van der Waals surface area contributed by atoms with E-state index in [0.717, 1.165) is 31.2 Å². The third kappa shape index (κ3) is 3.82. The number of hydrogen-bond donors (Lipinski definition) is 1. The molecule has 2 rings (SSSR count). The predicted octanol–water partition coefficient (Wildman–Crippen LogP) is 4.50. The maximum absolute atomic E-state index is 12.0. The molecule has 1 saturated carbocycles. The first-order valence-corrected chi connectivity index (χ1v) is 7.42. The Bertz CT molecular complexity index is 403. The van der Waals surface area contributed by atoms with Crippen LogP contribution in [0.2, 0.25) is 0 Å². The average molecular weight is 262 g/mol. The van der Waals surface area contributed by atoms with Gasteiger partial charge in [-0.3, -0.25) is 4.79 Å². The summed E-state index contributed by atoms with van der Waals surface area (Å²) in [7, 11) is 0. The van der Waals surface area contributed by atoms with Crippen molar-refractivity contribution in [2.75, 3.05) is 0 Å². The monoisotopic (exact) mass is 262 g/mol. The number of benzene rings is 1. The molecule has 0 bridgehead atoms. The Morgan fingerprint density at radius 1 is 1.16 bits per heavy atom. The molecule has 2 heteroatoms. The van der Waals surface area contributed by atoms with Gasteiger partial charge >= 0.3 is 0 Å². The standard InChI is InChI=1S/C15H20O2.C2H6/c1-12(16)15(9-5-2-6-10-15)11-13-7-3-4-8-14(13)17;1-2/h3-4,7-8,17H,2,5-6,9-11H2,1H3;1-2H3. The Balaban J connectivity index is 0.000000861. The van der Waals surface area contributed by atoms with E-state index in [1.54, 1.807) is 13.0 Å². The van der Waals surface area contributed by atoms with Crippen LogP contribution in [-0.4, -0.2) is 10.9 Å². The molecule has 1 aliphatic carbocycles. The highest BCUT2D eigenvalue weighted by atomic mass is 16.3. The number of aromatic hydroxyl groups is 1. The molecule has 0 atom stereocenters. The summed E-state index contributed by atoms with van der Waals surface area (Å²) in [5.74, 6) is 0.596. The molecule has 0 radical (unpaired) electrons. The summed E-state index contributed by atoms with van der Waals surface area (Å²) < 4.78 is 0. The Hall–Kier alpha value is -1.31. The average Bonchev–Trinajstić information content (AvgIpc) is 2.44. The molecule has 1 N–H and O–H groups in total. The fraction of sp³-hybridized carbons (Fsp3) is 0.588. The topological polar surface area (TPSA) is 37.3 Å². The molecule has 0 aromatic heterocycles. The SMILES string of the molecule is CC.CC(=O)C1(Cc2ccccc2O)CCCCC1. The van der Waals surface area contributed by atoms with Crippen molar-refractivity contribution in [3.8, 4) is 5.75 Å². The van der Waals surface area contributed by atoms with Gasteiger partial charge in [-0.1, -0.05) is 51.3 Å². The second-order valence-corrected chi connectivity index (χ2v) is 5.20. The normalized spacial score (nSPS) is 17.2. The van der Waals surface area contributed by atoms with Crippen molar-refractivity contribution in [2.24, 2.45) is 5.41 Å². The summed E-state index contributed by atoms with van der Waals surface area (Å²) in [6.45, 7) is 5.70. The van der Waals surface area contributed by atoms with E-state index < -0.39 is 0 Å². The zero-order chi connectivity index (χ0) is 14.3. The van der Waals surface area contributed by atoms with E-state index in [4.69, 9.17) is 0 Å². The van der Waals surface area contributed by atoms with Crippen LogP contribution in [0, 0.1) is 5.41 Å². The summed E-state index contributed by atoms with van der Waals surface area (Å²) in [4.78, 5) is 12.0. The van der Waals surface area contributed by atoms with Gasteiger partial charge in [0.2, 0.25) is 0 Å². The maximum Gasteiger partial charge on any atom is 0.136 e. The van der Waals surface area contributed by atoms with E-state index in [-0.39, 0.29) is 11.2 Å². The zero-order valence-corrected chi connectivity index (χ0v) is 12.4. The summed E-state index contributed by atoms with van der Waals surface area (Å²) in [5, 5.41) is 9.83. The van der Waals surface area contributed by atoms with Crippen molar-refractivity contribution >= 4 is 5.78 Å². The summed E-state index contributed by atoms with van der Waals surface area (Å²) in [6.07, 6.45) is 6.12. The minimum atomic E-state index is -0.225. The van der Waals surface area contributed by atoms with Crippen LogP contribution < -0.4 is 0 Å². The van der Waals surface area contributed by atoms with Crippen molar-refractivity contribution in [2.45, 2.75) is 59.3 Å². The Kier molecular flexibility index (Phi) is 6.07. The van der Waals surface area contributed by atoms with Crippen molar-refractivity contribution in [3.05, 3.63) is 29.8 Å². The second kappa shape index (κ2) is 7.32. The quantitative estimate of drug-likeness (QED) is 0.870. The van der Waals surface area contributed by atoms with Crippen molar-refractivity contribution in [1.82, 2.24) is 0 Å². The first kappa shape index (κ1) is 15.7. The largest absolute Gasteiger partial charge is 0.508 e. The van der Waals surface area contributed by atoms with Gasteiger partial charge in [0.25, 0.3) is 0 Å². The molecule has 0 amide bonds. The van der Waals surface area contributed by atoms with Crippen LogP contribution in [0.3, 0.4) is 0 Å². The highest BCUT2D eigenvalue weighted by Gasteiger charge is 2.37. The van der Waals surface area contributed by atoms with Gasteiger partial charge in [0.05, 0.1) is 0 Å². The van der Waals surface area contributed by atoms with Crippen LogP contribution >= 0.6 is 0 Å². The van der Waals surface area contributed by atoms with Gasteiger partial charge in [-0.15, -0.1) is 0 Å². The van der Waals surface area contributed by atoms with Gasteiger partial charge in [-0.05, 0) is 37.8 Å². The van der Waals surface area contributed by atoms with E-state index in [1.807, 2.05) is 32.0 Å². The second-order valence-electron chi connectivity index (χ2n) is 5.20. The molecular weight excluding hydrogens is 236 g/mol. The lowest BCUT2D eigenvalue weighted by Gasteiger charge is -2.35. The molecule has 0 saturated heterocycles. The molecule has 1 aromatic carbocycles. The van der Waals surface area contributed by atoms with E-state index in [2.05, 4.69) is 0 Å². The zero-order valence-electron chi connectivity index (χ0n) is 12.4. The number of carbonyl (C=O) groups excluding carboxylic acids is 1. The van der Waals surface area contributed by atoms with Crippen LogP contribution in [-0.2, 0) is 11.2 Å². The van der Waals surface area contributed by atoms with Crippen LogP contribution in [0.5, 0.6) is 5.75 Å². The van der Waals surface area contributed by atoms with E-state index in [9.17, 15) is 9.90 Å². The number of rotatable bonds is 3. The maximum atomic E-state index is 12.0. The molecule has 1 fully saturated rings. The van der Waals surface area contributed by atoms with Crippen LogP contribution in [0.4, 0.5) is 0 Å². The van der Waals surface area contributed by atoms with Crippen LogP contribution in [0.1, 0.15) is 58.4 Å². The fourth-order valence-corrected chi connectivity index (χ4v) is 2.91. The molecule has 2 nitrogen and oxygen atoms in total. The molecule has 1 aliphatic rings. The van der Waals surface area contributed by atoms with Gasteiger partial charge in [-0.25, -0.2) is 0 Å². The van der Waals surface area contributed by atoms with Gasteiger partial charge in [0.1, 0.15) is 11.5 Å². The van der Waals surface area contributed by atoms with E-state index in [1.165, 1.54) is 6.42 Å². The van der Waals surface area contributed by atoms with Gasteiger partial charge in [-0.2, -0.15) is 0 Å². The van der Waals surface area contributed by atoms with Crippen molar-refractivity contribution in [1.29, 1.82) is 0 Å². The van der Waals surface area contributed by atoms with Gasteiger partial charge < -0.3 is 5.11 Å². The smallest absolute Gasteiger partial charge is 0.136 e. The van der Waals surface area contributed by atoms with Crippen molar-refractivity contribution in [3.63, 3.8) is 0 Å². The lowest BCUT2D eigenvalue weighted by molar-refractivity contribution is -0.128. The summed E-state index contributed by atoms with van der Waals surface area (Å²) >= 11 is 0. The fourth-order valence-electron chi connectivity index (χ4n) is 2.91. The number of ketones is 1. The Labute approximate surface area is 116 Å². The Morgan fingerprint density at radius 3 is 2.26 bits per heavy atom. The molecule has 0 spiro atoms. The number of carbonyl (C=O) groups is 1. The number of phenols is 1. The number of para-hydroxylation sites is 1. The lowest BCUT2D eigenvalue weighted by atomic mass is 9.68. The molecule has 106 valence electrons. The van der Waals surface area contributed by atoms with Crippen LogP contribution in [0.15, 0.2) is 24.3 Å². The summed E-state index contributed by atoms with van der Waals surface area (Å²) in [5.41, 5.74) is 0.682. The molecule has 19 heavy (non-hydrogen) atoms. The molecular formula is C17H26O2. The van der Waals surface area contributed by atoms with Crippen LogP contribution in [0.25, 0.3) is 0 Å². The highest BCUT2D eigenvalue weighted by molar-refractivity contribution is 5.82. The molecule has 1 aromatic rings. The molecule has 0 heterocycles.